The van der Waals surface area contributed by atoms with Crippen LogP contribution in [0.3, 0.4) is 0 Å². The van der Waals surface area contributed by atoms with E-state index >= 15 is 0 Å². The van der Waals surface area contributed by atoms with Crippen molar-refractivity contribution in [3.05, 3.63) is 51.4 Å². The molecule has 0 amide bonds. The molecule has 0 heterocycles. The van der Waals surface area contributed by atoms with Gasteiger partial charge in [-0.1, -0.05) is 57.7 Å². The smallest absolute Gasteiger partial charge is 0.0179 e. The molecule has 0 unspecified atom stereocenters. The van der Waals surface area contributed by atoms with Crippen molar-refractivity contribution in [3.8, 4) is 0 Å². The average Bonchev–Trinajstić information content (AvgIpc) is 2.47. The molecule has 0 saturated heterocycles. The lowest BCUT2D eigenvalue weighted by Gasteiger charge is -2.38. The molecule has 2 rings (SSSR count). The fraction of sp³-hybridized carbons (Fsp3) is 0.455. The lowest BCUT2D eigenvalue weighted by molar-refractivity contribution is 0.189. The summed E-state index contributed by atoms with van der Waals surface area (Å²) in [6.07, 6.45) is 7.98. The van der Waals surface area contributed by atoms with Crippen LogP contribution in [0.15, 0.2) is 29.9 Å². The Morgan fingerprint density at radius 2 is 1.91 bits per heavy atom. The Morgan fingerprint density at radius 1 is 1.23 bits per heavy atom. The van der Waals surface area contributed by atoms with Crippen molar-refractivity contribution >= 4 is 18.7 Å². The van der Waals surface area contributed by atoms with Gasteiger partial charge in [-0.3, -0.25) is 0 Å². The van der Waals surface area contributed by atoms with Crippen molar-refractivity contribution < 1.29 is 0 Å². The Bertz CT molecular complexity index is 715. The summed E-state index contributed by atoms with van der Waals surface area (Å²) in [5, 5.41) is 2.39. The minimum Gasteiger partial charge on any atom is -0.0985 e. The van der Waals surface area contributed by atoms with E-state index in [1.807, 2.05) is 6.08 Å². The van der Waals surface area contributed by atoms with E-state index in [1.165, 1.54) is 41.2 Å². The van der Waals surface area contributed by atoms with Gasteiger partial charge in [0, 0.05) is 0 Å². The van der Waals surface area contributed by atoms with Crippen LogP contribution in [0.2, 0.25) is 0 Å². The highest BCUT2D eigenvalue weighted by molar-refractivity contribution is 5.55. The van der Waals surface area contributed by atoms with Crippen LogP contribution >= 0.6 is 0 Å². The van der Waals surface area contributed by atoms with Gasteiger partial charge < -0.3 is 0 Å². The van der Waals surface area contributed by atoms with Gasteiger partial charge in [0.2, 0.25) is 0 Å². The maximum Gasteiger partial charge on any atom is -0.0179 e. The Hall–Kier alpha value is -1.56. The molecule has 1 aliphatic rings. The summed E-state index contributed by atoms with van der Waals surface area (Å²) in [5.41, 5.74) is 5.88. The molecule has 0 fully saturated rings. The van der Waals surface area contributed by atoms with Gasteiger partial charge in [0.05, 0.1) is 0 Å². The molecule has 0 aliphatic heterocycles. The lowest BCUT2D eigenvalue weighted by Crippen LogP contribution is -2.30. The molecule has 0 aromatic heterocycles. The first kappa shape index (κ1) is 16.8. The Balaban J connectivity index is 2.55. The van der Waals surface area contributed by atoms with E-state index in [0.717, 1.165) is 5.22 Å². The fourth-order valence-electron chi connectivity index (χ4n) is 3.28. The van der Waals surface area contributed by atoms with Crippen molar-refractivity contribution in [2.75, 3.05) is 0 Å². The van der Waals surface area contributed by atoms with Gasteiger partial charge >= 0.3 is 0 Å². The van der Waals surface area contributed by atoms with Crippen LogP contribution < -0.4 is 10.4 Å². The molecule has 0 nitrogen and oxygen atoms in total. The Labute approximate surface area is 136 Å². The highest BCUT2D eigenvalue weighted by Gasteiger charge is 2.32. The minimum atomic E-state index is 0.414. The lowest BCUT2D eigenvalue weighted by atomic mass is 9.67. The van der Waals surface area contributed by atoms with Gasteiger partial charge in [0.15, 0.2) is 0 Å². The van der Waals surface area contributed by atoms with E-state index < -0.39 is 0 Å². The van der Waals surface area contributed by atoms with Gasteiger partial charge in [0.25, 0.3) is 0 Å². The Morgan fingerprint density at radius 3 is 2.50 bits per heavy atom. The van der Waals surface area contributed by atoms with E-state index in [4.69, 9.17) is 0 Å². The first-order chi connectivity index (χ1) is 10.3. The largest absolute Gasteiger partial charge is 0.0985 e. The van der Waals surface area contributed by atoms with Gasteiger partial charge in [-0.15, -0.1) is 0 Å². The summed E-state index contributed by atoms with van der Waals surface area (Å²) < 4.78 is 0. The predicted octanol–water partition coefficient (Wildman–Crippen LogP) is 4.99. The third-order valence-electron chi connectivity index (χ3n) is 5.70. The number of hydrogen-bond donors (Lipinski definition) is 0. The Kier molecular flexibility index (Phi) is 4.80. The fourth-order valence-corrected chi connectivity index (χ4v) is 3.28. The number of benzene rings is 1. The quantitative estimate of drug-likeness (QED) is 0.736. The summed E-state index contributed by atoms with van der Waals surface area (Å²) in [6.45, 7) is 19.7. The molecular formula is C22H30. The van der Waals surface area contributed by atoms with E-state index in [1.54, 1.807) is 5.57 Å². The van der Waals surface area contributed by atoms with Gasteiger partial charge in [-0.05, 0) is 77.6 Å². The van der Waals surface area contributed by atoms with Crippen LogP contribution in [0.4, 0.5) is 0 Å². The van der Waals surface area contributed by atoms with Gasteiger partial charge in [0.1, 0.15) is 0 Å². The van der Waals surface area contributed by atoms with Gasteiger partial charge in [-0.25, -0.2) is 0 Å². The summed E-state index contributed by atoms with van der Waals surface area (Å²) >= 11 is 0. The second-order valence-electron chi connectivity index (χ2n) is 7.55. The number of aryl methyl sites for hydroxylation is 1. The summed E-state index contributed by atoms with van der Waals surface area (Å²) in [4.78, 5) is 0. The molecule has 1 aromatic carbocycles. The van der Waals surface area contributed by atoms with Crippen molar-refractivity contribution in [1.82, 2.24) is 0 Å². The minimum absolute atomic E-state index is 0.414. The van der Waals surface area contributed by atoms with Crippen LogP contribution in [0, 0.1) is 18.3 Å². The molecule has 0 radical (unpaired) electrons. The van der Waals surface area contributed by atoms with Crippen molar-refractivity contribution in [1.29, 1.82) is 0 Å². The van der Waals surface area contributed by atoms with Crippen LogP contribution in [0.1, 0.15) is 58.1 Å². The standard InChI is InChI=1S/C22H30/c1-8-19-11-17(5)18(6)20(12-19)13-21-14-22(7,15(2)3)10-9-16(21)4/h8,11-13,15H,1,6,9-10,14H2,2-5,7H3/b20-13-/t22-/m1/s1. The van der Waals surface area contributed by atoms with Crippen LogP contribution in [-0.2, 0) is 0 Å². The second kappa shape index (κ2) is 6.28. The summed E-state index contributed by atoms with van der Waals surface area (Å²) in [6, 6.07) is 4.37. The molecule has 0 spiro atoms. The SMILES string of the molecule is C=Cc1cc(C)c(=C)/c(=C\C2=C(C)CC[C@@](C)(C(C)C)C2)c1. The van der Waals surface area contributed by atoms with Crippen LogP contribution in [0.25, 0.3) is 18.7 Å². The third-order valence-corrected chi connectivity index (χ3v) is 5.70. The predicted molar refractivity (Wildman–Crippen MR) is 100 cm³/mol. The topological polar surface area (TPSA) is 0 Å². The molecule has 0 N–H and O–H groups in total. The van der Waals surface area contributed by atoms with Crippen molar-refractivity contribution in [3.63, 3.8) is 0 Å². The number of hydrogen-bond acceptors (Lipinski definition) is 0. The first-order valence-electron chi connectivity index (χ1n) is 8.39. The van der Waals surface area contributed by atoms with Crippen LogP contribution in [0.5, 0.6) is 0 Å². The molecule has 0 heteroatoms. The molecule has 118 valence electrons. The molecule has 0 saturated carbocycles. The maximum absolute atomic E-state index is 4.27. The molecular weight excluding hydrogens is 264 g/mol. The van der Waals surface area contributed by atoms with E-state index in [-0.39, 0.29) is 0 Å². The van der Waals surface area contributed by atoms with E-state index in [0.29, 0.717) is 11.3 Å². The molecule has 1 aliphatic carbocycles. The molecule has 1 aromatic rings. The monoisotopic (exact) mass is 294 g/mol. The highest BCUT2D eigenvalue weighted by atomic mass is 14.4. The zero-order valence-electron chi connectivity index (χ0n) is 14.9. The zero-order valence-corrected chi connectivity index (χ0v) is 14.9. The van der Waals surface area contributed by atoms with Crippen molar-refractivity contribution in [2.45, 2.75) is 53.9 Å². The summed E-state index contributed by atoms with van der Waals surface area (Å²) in [5.74, 6) is 0.712. The highest BCUT2D eigenvalue weighted by Crippen LogP contribution is 2.44. The number of allylic oxidation sites excluding steroid dienone is 2. The van der Waals surface area contributed by atoms with Gasteiger partial charge in [-0.2, -0.15) is 0 Å². The molecule has 0 bridgehead atoms. The number of rotatable bonds is 3. The van der Waals surface area contributed by atoms with E-state index in [9.17, 15) is 0 Å². The van der Waals surface area contributed by atoms with Crippen LogP contribution in [-0.4, -0.2) is 0 Å². The maximum atomic E-state index is 4.27. The third kappa shape index (κ3) is 3.27. The summed E-state index contributed by atoms with van der Waals surface area (Å²) in [7, 11) is 0. The van der Waals surface area contributed by atoms with Crippen molar-refractivity contribution in [2.24, 2.45) is 11.3 Å². The van der Waals surface area contributed by atoms with E-state index in [2.05, 4.69) is 66.0 Å². The zero-order chi connectivity index (χ0) is 16.5. The second-order valence-corrected chi connectivity index (χ2v) is 7.55. The average molecular weight is 294 g/mol. The normalized spacial score (nSPS) is 23.3. The first-order valence-corrected chi connectivity index (χ1v) is 8.39. The molecule has 1 atom stereocenters. The molecule has 22 heavy (non-hydrogen) atoms.